The molecule has 2 aromatic carbocycles. The number of anilines is 2. The van der Waals surface area contributed by atoms with E-state index >= 15 is 0 Å². The number of carboxylic acid groups (broad SMARTS) is 1. The molecular weight excluding hydrogens is 440 g/mol. The van der Waals surface area contributed by atoms with Gasteiger partial charge in [0.05, 0.1) is 11.4 Å². The molecule has 1 aromatic heterocycles. The quantitative estimate of drug-likeness (QED) is 0.321. The highest BCUT2D eigenvalue weighted by Gasteiger charge is 2.21. The van der Waals surface area contributed by atoms with Gasteiger partial charge in [0.1, 0.15) is 6.04 Å². The van der Waals surface area contributed by atoms with Gasteiger partial charge in [-0.25, -0.2) is 4.79 Å². The lowest BCUT2D eigenvalue weighted by Crippen LogP contribution is -2.49. The van der Waals surface area contributed by atoms with Crippen LogP contribution in [0.25, 0.3) is 10.4 Å². The van der Waals surface area contributed by atoms with Gasteiger partial charge in [0.2, 0.25) is 5.91 Å². The summed E-state index contributed by atoms with van der Waals surface area (Å²) in [6.07, 6.45) is -1.12. The van der Waals surface area contributed by atoms with Crippen molar-refractivity contribution in [2.45, 2.75) is 32.4 Å². The first-order valence-corrected chi connectivity index (χ1v) is 11.2. The molecule has 0 aliphatic heterocycles. The van der Waals surface area contributed by atoms with E-state index in [1.807, 2.05) is 29.6 Å². The van der Waals surface area contributed by atoms with Crippen molar-refractivity contribution < 1.29 is 19.5 Å². The van der Waals surface area contributed by atoms with E-state index in [9.17, 15) is 14.4 Å². The Morgan fingerprint density at radius 3 is 2.36 bits per heavy atom. The van der Waals surface area contributed by atoms with Crippen LogP contribution in [-0.2, 0) is 11.2 Å². The number of thiophene rings is 1. The first-order chi connectivity index (χ1) is 15.7. The molecule has 0 radical (unpaired) electrons. The predicted octanol–water partition coefficient (Wildman–Crippen LogP) is 3.95. The number of carbonyl (C=O) groups is 3. The minimum atomic E-state index is -1.28. The Morgan fingerprint density at radius 2 is 1.76 bits per heavy atom. The predicted molar refractivity (Wildman–Crippen MR) is 130 cm³/mol. The summed E-state index contributed by atoms with van der Waals surface area (Å²) in [5, 5.41) is 18.8. The molecule has 9 heteroatoms. The molecule has 0 aliphatic rings. The van der Waals surface area contributed by atoms with Gasteiger partial charge in [0.25, 0.3) is 5.91 Å². The third kappa shape index (κ3) is 6.56. The van der Waals surface area contributed by atoms with Crippen molar-refractivity contribution in [1.82, 2.24) is 10.6 Å². The van der Waals surface area contributed by atoms with Crippen LogP contribution in [0.15, 0.2) is 60.0 Å². The van der Waals surface area contributed by atoms with Crippen LogP contribution in [0.3, 0.4) is 0 Å². The highest BCUT2D eigenvalue weighted by atomic mass is 32.1. The fourth-order valence-electron chi connectivity index (χ4n) is 3.23. The Bertz CT molecular complexity index is 1130. The van der Waals surface area contributed by atoms with E-state index in [1.54, 1.807) is 55.5 Å². The molecule has 0 aliphatic carbocycles. The van der Waals surface area contributed by atoms with Crippen LogP contribution in [0.1, 0.15) is 29.8 Å². The largest absolute Gasteiger partial charge is 0.465 e. The van der Waals surface area contributed by atoms with Gasteiger partial charge in [-0.05, 0) is 60.7 Å². The van der Waals surface area contributed by atoms with Gasteiger partial charge in [0, 0.05) is 22.9 Å². The molecular formula is C24H26N4O4S. The Kier molecular flexibility index (Phi) is 7.68. The smallest absolute Gasteiger partial charge is 0.405 e. The Hall–Kier alpha value is -3.85. The average Bonchev–Trinajstić information content (AvgIpc) is 3.29. The molecule has 6 N–H and O–H groups in total. The first kappa shape index (κ1) is 23.8. The number of nitrogens with two attached hydrogens (primary N) is 1. The third-order valence-corrected chi connectivity index (χ3v) is 5.73. The van der Waals surface area contributed by atoms with Gasteiger partial charge in [0.15, 0.2) is 0 Å². The van der Waals surface area contributed by atoms with Gasteiger partial charge in [-0.1, -0.05) is 24.3 Å². The molecule has 0 spiro atoms. The SMILES string of the molecule is CC(C)NC(=O)[C@H](Cc1ccc(C(=O)Nc2cc(-c3cccs3)ccc2N)cc1)NC(=O)O. The maximum absolute atomic E-state index is 12.8. The fraction of sp³-hybridized carbons (Fsp3) is 0.208. The molecule has 33 heavy (non-hydrogen) atoms. The zero-order valence-electron chi connectivity index (χ0n) is 18.3. The van der Waals surface area contributed by atoms with Crippen molar-refractivity contribution >= 4 is 40.6 Å². The van der Waals surface area contributed by atoms with Crippen LogP contribution >= 0.6 is 11.3 Å². The number of hydrogen-bond acceptors (Lipinski definition) is 5. The average molecular weight is 467 g/mol. The van der Waals surface area contributed by atoms with E-state index in [0.717, 1.165) is 10.4 Å². The molecule has 3 amide bonds. The lowest BCUT2D eigenvalue weighted by atomic mass is 10.0. The molecule has 0 bridgehead atoms. The Morgan fingerprint density at radius 1 is 1.03 bits per heavy atom. The number of carbonyl (C=O) groups excluding carboxylic acids is 2. The van der Waals surface area contributed by atoms with Crippen LogP contribution in [-0.4, -0.2) is 35.1 Å². The summed E-state index contributed by atoms with van der Waals surface area (Å²) in [7, 11) is 0. The molecule has 0 saturated carbocycles. The van der Waals surface area contributed by atoms with Gasteiger partial charge in [-0.2, -0.15) is 0 Å². The summed E-state index contributed by atoms with van der Waals surface area (Å²) < 4.78 is 0. The van der Waals surface area contributed by atoms with Gasteiger partial charge >= 0.3 is 6.09 Å². The van der Waals surface area contributed by atoms with Gasteiger partial charge in [-0.3, -0.25) is 9.59 Å². The van der Waals surface area contributed by atoms with Crippen LogP contribution < -0.4 is 21.7 Å². The molecule has 172 valence electrons. The van der Waals surface area contributed by atoms with E-state index in [0.29, 0.717) is 22.5 Å². The summed E-state index contributed by atoms with van der Waals surface area (Å²) in [6, 6.07) is 15.0. The van der Waals surface area contributed by atoms with E-state index in [-0.39, 0.29) is 18.4 Å². The molecule has 0 fully saturated rings. The van der Waals surface area contributed by atoms with E-state index < -0.39 is 18.0 Å². The lowest BCUT2D eigenvalue weighted by Gasteiger charge is -2.18. The first-order valence-electron chi connectivity index (χ1n) is 10.4. The van der Waals surface area contributed by atoms with Crippen molar-refractivity contribution in [3.05, 3.63) is 71.1 Å². The number of nitrogen functional groups attached to an aromatic ring is 1. The summed E-state index contributed by atoms with van der Waals surface area (Å²) in [4.78, 5) is 37.2. The van der Waals surface area contributed by atoms with Crippen LogP contribution in [0.5, 0.6) is 0 Å². The molecule has 3 aromatic rings. The minimum absolute atomic E-state index is 0.118. The number of nitrogens with one attached hydrogen (secondary N) is 3. The van der Waals surface area contributed by atoms with Gasteiger partial charge in [-0.15, -0.1) is 11.3 Å². The van der Waals surface area contributed by atoms with E-state index in [4.69, 9.17) is 10.8 Å². The zero-order valence-corrected chi connectivity index (χ0v) is 19.1. The highest BCUT2D eigenvalue weighted by Crippen LogP contribution is 2.30. The summed E-state index contributed by atoms with van der Waals surface area (Å²) >= 11 is 1.60. The second kappa shape index (κ2) is 10.6. The van der Waals surface area contributed by atoms with Gasteiger partial charge < -0.3 is 26.8 Å². The minimum Gasteiger partial charge on any atom is -0.465 e. The number of benzene rings is 2. The van der Waals surface area contributed by atoms with Crippen LogP contribution in [0.2, 0.25) is 0 Å². The fourth-order valence-corrected chi connectivity index (χ4v) is 3.95. The van der Waals surface area contributed by atoms with Crippen molar-refractivity contribution in [3.8, 4) is 10.4 Å². The van der Waals surface area contributed by atoms with Crippen molar-refractivity contribution in [2.24, 2.45) is 0 Å². The summed E-state index contributed by atoms with van der Waals surface area (Å²) in [6.45, 7) is 3.60. The molecule has 1 heterocycles. The number of rotatable bonds is 8. The molecule has 0 unspecified atom stereocenters. The Labute approximate surface area is 195 Å². The summed E-state index contributed by atoms with van der Waals surface area (Å²) in [5.74, 6) is -0.732. The molecule has 0 saturated heterocycles. The van der Waals surface area contributed by atoms with Crippen molar-refractivity contribution in [2.75, 3.05) is 11.1 Å². The molecule has 8 nitrogen and oxygen atoms in total. The standard InChI is InChI=1S/C24H26N4O4S/c1-14(2)26-23(30)20(28-24(31)32)12-15-5-7-16(8-6-15)22(29)27-19-13-17(9-10-18(19)25)21-4-3-11-33-21/h3-11,13-14,20,28H,12,25H2,1-2H3,(H,26,30)(H,27,29)(H,31,32)/t20-/m0/s1. The van der Waals surface area contributed by atoms with Crippen molar-refractivity contribution in [3.63, 3.8) is 0 Å². The van der Waals surface area contributed by atoms with E-state index in [2.05, 4.69) is 16.0 Å². The second-order valence-electron chi connectivity index (χ2n) is 7.80. The lowest BCUT2D eigenvalue weighted by molar-refractivity contribution is -0.123. The van der Waals surface area contributed by atoms with Crippen LogP contribution in [0, 0.1) is 0 Å². The summed E-state index contributed by atoms with van der Waals surface area (Å²) in [5.41, 5.74) is 9.11. The molecule has 1 atom stereocenters. The topological polar surface area (TPSA) is 134 Å². The zero-order chi connectivity index (χ0) is 24.0. The maximum Gasteiger partial charge on any atom is 0.405 e. The van der Waals surface area contributed by atoms with Crippen molar-refractivity contribution in [1.29, 1.82) is 0 Å². The van der Waals surface area contributed by atoms with E-state index in [1.165, 1.54) is 0 Å². The van der Waals surface area contributed by atoms with Crippen LogP contribution in [0.4, 0.5) is 16.2 Å². The second-order valence-corrected chi connectivity index (χ2v) is 8.75. The third-order valence-electron chi connectivity index (χ3n) is 4.81. The highest BCUT2D eigenvalue weighted by molar-refractivity contribution is 7.13. The number of hydrogen-bond donors (Lipinski definition) is 5. The Balaban J connectivity index is 1.70. The maximum atomic E-state index is 12.8. The monoisotopic (exact) mass is 466 g/mol. The molecule has 3 rings (SSSR count). The number of amides is 3. The normalized spacial score (nSPS) is 11.6.